The van der Waals surface area contributed by atoms with E-state index in [0.717, 1.165) is 12.8 Å². The number of hydrogen-bond donors (Lipinski definition) is 2. The SMILES string of the molecule is O=C(CSCC(=O)Nc1ccc(F)cc1)NCCCOCCc1ccccc1. The van der Waals surface area contributed by atoms with E-state index < -0.39 is 0 Å². The van der Waals surface area contributed by atoms with Gasteiger partial charge in [0.25, 0.3) is 0 Å². The summed E-state index contributed by atoms with van der Waals surface area (Å²) in [6, 6.07) is 15.7. The molecule has 0 aliphatic carbocycles. The molecule has 0 bridgehead atoms. The smallest absolute Gasteiger partial charge is 0.234 e. The van der Waals surface area contributed by atoms with Crippen molar-refractivity contribution in [1.29, 1.82) is 0 Å². The maximum absolute atomic E-state index is 12.8. The van der Waals surface area contributed by atoms with Crippen molar-refractivity contribution in [3.8, 4) is 0 Å². The second-order valence-corrected chi connectivity index (χ2v) is 7.08. The Hall–Kier alpha value is -2.38. The summed E-state index contributed by atoms with van der Waals surface area (Å²) in [4.78, 5) is 23.5. The third kappa shape index (κ3) is 9.53. The summed E-state index contributed by atoms with van der Waals surface area (Å²) in [7, 11) is 0. The Morgan fingerprint density at radius 1 is 0.929 bits per heavy atom. The van der Waals surface area contributed by atoms with Crippen molar-refractivity contribution in [3.05, 3.63) is 66.0 Å². The van der Waals surface area contributed by atoms with Gasteiger partial charge in [0.15, 0.2) is 0 Å². The second kappa shape index (κ2) is 12.9. The summed E-state index contributed by atoms with van der Waals surface area (Å²) in [5.74, 6) is -0.315. The van der Waals surface area contributed by atoms with E-state index in [1.54, 1.807) is 0 Å². The molecule has 28 heavy (non-hydrogen) atoms. The molecule has 2 aromatic rings. The molecule has 7 heteroatoms. The lowest BCUT2D eigenvalue weighted by molar-refractivity contribution is -0.118. The van der Waals surface area contributed by atoms with Gasteiger partial charge >= 0.3 is 0 Å². The number of amides is 2. The minimum atomic E-state index is -0.356. The molecule has 150 valence electrons. The lowest BCUT2D eigenvalue weighted by Gasteiger charge is -2.07. The summed E-state index contributed by atoms with van der Waals surface area (Å²) in [6.45, 7) is 1.81. The molecule has 0 radical (unpaired) electrons. The molecule has 2 rings (SSSR count). The van der Waals surface area contributed by atoms with E-state index in [2.05, 4.69) is 22.8 Å². The van der Waals surface area contributed by atoms with Crippen molar-refractivity contribution in [2.45, 2.75) is 12.8 Å². The Kier molecular flexibility index (Phi) is 10.1. The molecule has 2 amide bonds. The minimum absolute atomic E-state index is 0.108. The first-order chi connectivity index (χ1) is 13.6. The van der Waals surface area contributed by atoms with Gasteiger partial charge in [-0.15, -0.1) is 11.8 Å². The Balaban J connectivity index is 1.44. The molecular formula is C21H25FN2O3S. The fraction of sp³-hybridized carbons (Fsp3) is 0.333. The summed E-state index contributed by atoms with van der Waals surface area (Å²) in [6.07, 6.45) is 1.63. The lowest BCUT2D eigenvalue weighted by Crippen LogP contribution is -2.27. The predicted molar refractivity (Wildman–Crippen MR) is 111 cm³/mol. The van der Waals surface area contributed by atoms with Gasteiger partial charge in [-0.1, -0.05) is 30.3 Å². The second-order valence-electron chi connectivity index (χ2n) is 6.10. The van der Waals surface area contributed by atoms with Crippen LogP contribution in [0.25, 0.3) is 0 Å². The van der Waals surface area contributed by atoms with Gasteiger partial charge in [-0.05, 0) is 42.7 Å². The van der Waals surface area contributed by atoms with Crippen LogP contribution in [0.2, 0.25) is 0 Å². The van der Waals surface area contributed by atoms with E-state index in [1.165, 1.54) is 41.6 Å². The van der Waals surface area contributed by atoms with Gasteiger partial charge in [-0.2, -0.15) is 0 Å². The average Bonchev–Trinajstić information content (AvgIpc) is 2.70. The summed E-state index contributed by atoms with van der Waals surface area (Å²) < 4.78 is 18.4. The molecule has 5 nitrogen and oxygen atoms in total. The number of thioether (sulfide) groups is 1. The highest BCUT2D eigenvalue weighted by molar-refractivity contribution is 8.00. The topological polar surface area (TPSA) is 67.4 Å². The molecule has 0 atom stereocenters. The standard InChI is InChI=1S/C21H25FN2O3S/c22-18-7-9-19(10-8-18)24-21(26)16-28-15-20(25)23-12-4-13-27-14-11-17-5-2-1-3-6-17/h1-3,5-10H,4,11-16H2,(H,23,25)(H,24,26). The number of carbonyl (C=O) groups excluding carboxylic acids is 2. The highest BCUT2D eigenvalue weighted by Crippen LogP contribution is 2.09. The van der Waals surface area contributed by atoms with Crippen LogP contribution in [0.5, 0.6) is 0 Å². The first kappa shape index (κ1) is 21.9. The summed E-state index contributed by atoms with van der Waals surface area (Å²) in [5, 5.41) is 5.46. The van der Waals surface area contributed by atoms with Crippen molar-refractivity contribution in [2.24, 2.45) is 0 Å². The molecule has 0 unspecified atom stereocenters. The first-order valence-corrected chi connectivity index (χ1v) is 10.3. The van der Waals surface area contributed by atoms with Gasteiger partial charge < -0.3 is 15.4 Å². The van der Waals surface area contributed by atoms with Crippen LogP contribution in [0.3, 0.4) is 0 Å². The molecule has 0 aromatic heterocycles. The number of nitrogens with one attached hydrogen (secondary N) is 2. The van der Waals surface area contributed by atoms with Crippen molar-refractivity contribution in [3.63, 3.8) is 0 Å². The number of benzene rings is 2. The molecule has 2 aromatic carbocycles. The largest absolute Gasteiger partial charge is 0.381 e. The Bertz CT molecular complexity index is 726. The molecule has 0 aliphatic rings. The van der Waals surface area contributed by atoms with E-state index in [9.17, 15) is 14.0 Å². The third-order valence-corrected chi connectivity index (χ3v) is 4.69. The van der Waals surface area contributed by atoms with Gasteiger partial charge in [0.1, 0.15) is 5.82 Å². The van der Waals surface area contributed by atoms with Crippen LogP contribution in [-0.2, 0) is 20.7 Å². The lowest BCUT2D eigenvalue weighted by atomic mass is 10.2. The monoisotopic (exact) mass is 404 g/mol. The summed E-state index contributed by atoms with van der Waals surface area (Å²) in [5.41, 5.74) is 1.78. The molecule has 2 N–H and O–H groups in total. The van der Waals surface area contributed by atoms with Crippen LogP contribution < -0.4 is 10.6 Å². The van der Waals surface area contributed by atoms with Crippen LogP contribution in [0.1, 0.15) is 12.0 Å². The van der Waals surface area contributed by atoms with Gasteiger partial charge in [0.05, 0.1) is 18.1 Å². The molecule has 0 saturated heterocycles. The highest BCUT2D eigenvalue weighted by atomic mass is 32.2. The van der Waals surface area contributed by atoms with Crippen LogP contribution in [-0.4, -0.2) is 43.1 Å². The van der Waals surface area contributed by atoms with Gasteiger partial charge in [-0.3, -0.25) is 9.59 Å². The van der Waals surface area contributed by atoms with E-state index in [-0.39, 0.29) is 29.1 Å². The van der Waals surface area contributed by atoms with Crippen LogP contribution in [0, 0.1) is 5.82 Å². The number of carbonyl (C=O) groups is 2. The Labute approximate surface area is 169 Å². The number of anilines is 1. The minimum Gasteiger partial charge on any atom is -0.381 e. The Morgan fingerprint density at radius 3 is 2.39 bits per heavy atom. The number of ether oxygens (including phenoxy) is 1. The van der Waals surface area contributed by atoms with E-state index >= 15 is 0 Å². The Morgan fingerprint density at radius 2 is 1.64 bits per heavy atom. The molecule has 0 saturated carbocycles. The van der Waals surface area contributed by atoms with E-state index in [1.807, 2.05) is 18.2 Å². The molecular weight excluding hydrogens is 379 g/mol. The average molecular weight is 405 g/mol. The van der Waals surface area contributed by atoms with Gasteiger partial charge in [0.2, 0.25) is 11.8 Å². The normalized spacial score (nSPS) is 10.5. The van der Waals surface area contributed by atoms with Crippen molar-refractivity contribution < 1.29 is 18.7 Å². The van der Waals surface area contributed by atoms with Crippen LogP contribution >= 0.6 is 11.8 Å². The highest BCUT2D eigenvalue weighted by Gasteiger charge is 2.06. The third-order valence-electron chi connectivity index (χ3n) is 3.76. The fourth-order valence-electron chi connectivity index (χ4n) is 2.36. The number of halogens is 1. The summed E-state index contributed by atoms with van der Waals surface area (Å²) >= 11 is 1.23. The van der Waals surface area contributed by atoms with Gasteiger partial charge in [-0.25, -0.2) is 4.39 Å². The van der Waals surface area contributed by atoms with E-state index in [0.29, 0.717) is 25.4 Å². The van der Waals surface area contributed by atoms with Crippen LogP contribution in [0.4, 0.5) is 10.1 Å². The zero-order chi connectivity index (χ0) is 20.0. The maximum Gasteiger partial charge on any atom is 0.234 e. The van der Waals surface area contributed by atoms with Crippen molar-refractivity contribution in [1.82, 2.24) is 5.32 Å². The predicted octanol–water partition coefficient (Wildman–Crippen LogP) is 3.26. The van der Waals surface area contributed by atoms with Crippen molar-refractivity contribution in [2.75, 3.05) is 36.6 Å². The molecule has 0 heterocycles. The quantitative estimate of drug-likeness (QED) is 0.533. The zero-order valence-electron chi connectivity index (χ0n) is 15.7. The maximum atomic E-state index is 12.8. The van der Waals surface area contributed by atoms with Gasteiger partial charge in [0, 0.05) is 18.8 Å². The number of rotatable bonds is 12. The molecule has 0 aliphatic heterocycles. The van der Waals surface area contributed by atoms with Crippen LogP contribution in [0.15, 0.2) is 54.6 Å². The van der Waals surface area contributed by atoms with E-state index in [4.69, 9.17) is 4.74 Å². The first-order valence-electron chi connectivity index (χ1n) is 9.15. The zero-order valence-corrected chi connectivity index (χ0v) is 16.5. The van der Waals surface area contributed by atoms with Crippen molar-refractivity contribution >= 4 is 29.3 Å². The fourth-order valence-corrected chi connectivity index (χ4v) is 3.00. The molecule has 0 spiro atoms. The molecule has 0 fully saturated rings. The number of hydrogen-bond acceptors (Lipinski definition) is 4.